The van der Waals surface area contributed by atoms with E-state index in [4.69, 9.17) is 4.74 Å². The predicted molar refractivity (Wildman–Crippen MR) is 72.9 cm³/mol. The van der Waals surface area contributed by atoms with Gasteiger partial charge in [-0.05, 0) is 18.9 Å². The Morgan fingerprint density at radius 2 is 2.29 bits per heavy atom. The third kappa shape index (κ3) is 2.07. The fourth-order valence-corrected chi connectivity index (χ4v) is 3.23. The molecular weight excluding hydrogens is 272 g/mol. The number of ether oxygens (including phenoxy) is 1. The van der Waals surface area contributed by atoms with Gasteiger partial charge in [0, 0.05) is 31.6 Å². The first-order valence-corrected chi connectivity index (χ1v) is 7.35. The van der Waals surface area contributed by atoms with E-state index in [0.717, 1.165) is 5.69 Å². The molecule has 1 atom stereocenters. The number of rotatable bonds is 2. The Kier molecular flexibility index (Phi) is 2.55. The van der Waals surface area contributed by atoms with E-state index < -0.39 is 5.60 Å². The van der Waals surface area contributed by atoms with Crippen LogP contribution in [0, 0.1) is 0 Å². The maximum absolute atomic E-state index is 12.5. The van der Waals surface area contributed by atoms with Crippen LogP contribution >= 0.6 is 0 Å². The van der Waals surface area contributed by atoms with Crippen molar-refractivity contribution in [3.8, 4) is 0 Å². The number of hydrogen-bond acceptors (Lipinski definition) is 4. The standard InChI is InChI=1S/C14H18N4O3/c1-17-7-14(21-13(17)20)4-5-18(8-14)12(19)11-6-10(15-16-11)9-2-3-9/h6,9H,2-5,7-8H2,1H3,(H,15,16)/t14-/m1/s1. The molecule has 112 valence electrons. The van der Waals surface area contributed by atoms with Gasteiger partial charge in [0.2, 0.25) is 0 Å². The minimum atomic E-state index is -0.531. The Balaban J connectivity index is 1.47. The summed E-state index contributed by atoms with van der Waals surface area (Å²) < 4.78 is 5.46. The summed E-state index contributed by atoms with van der Waals surface area (Å²) in [5.41, 5.74) is 0.989. The summed E-state index contributed by atoms with van der Waals surface area (Å²) in [7, 11) is 1.72. The van der Waals surface area contributed by atoms with Crippen molar-refractivity contribution in [1.82, 2.24) is 20.0 Å². The summed E-state index contributed by atoms with van der Waals surface area (Å²) in [5.74, 6) is 0.467. The third-order valence-corrected chi connectivity index (χ3v) is 4.58. The number of aromatic nitrogens is 2. The molecule has 1 aliphatic carbocycles. The second-order valence-electron chi connectivity index (χ2n) is 6.37. The van der Waals surface area contributed by atoms with Crippen LogP contribution in [-0.4, -0.2) is 64.3 Å². The number of aromatic amines is 1. The van der Waals surface area contributed by atoms with E-state index in [-0.39, 0.29) is 12.0 Å². The minimum absolute atomic E-state index is 0.0828. The molecule has 3 aliphatic rings. The molecule has 7 heteroatoms. The summed E-state index contributed by atoms with van der Waals surface area (Å²) in [6.07, 6.45) is 2.73. The average Bonchev–Trinajstić information content (AvgIpc) is 2.94. The van der Waals surface area contributed by atoms with E-state index in [1.807, 2.05) is 6.07 Å². The van der Waals surface area contributed by atoms with Crippen LogP contribution in [0.3, 0.4) is 0 Å². The van der Waals surface area contributed by atoms with Crippen LogP contribution in [0.1, 0.15) is 41.4 Å². The van der Waals surface area contributed by atoms with Crippen LogP contribution in [0.4, 0.5) is 4.79 Å². The van der Waals surface area contributed by atoms with Crippen molar-refractivity contribution in [2.45, 2.75) is 30.8 Å². The average molecular weight is 290 g/mol. The number of hydrogen-bond donors (Lipinski definition) is 1. The van der Waals surface area contributed by atoms with E-state index in [1.54, 1.807) is 16.8 Å². The molecule has 1 saturated carbocycles. The Bertz CT molecular complexity index is 609. The molecule has 4 rings (SSSR count). The van der Waals surface area contributed by atoms with Gasteiger partial charge >= 0.3 is 6.09 Å². The van der Waals surface area contributed by atoms with Crippen LogP contribution in [0.25, 0.3) is 0 Å². The van der Waals surface area contributed by atoms with Crippen LogP contribution in [-0.2, 0) is 4.74 Å². The summed E-state index contributed by atoms with van der Waals surface area (Å²) in [4.78, 5) is 27.3. The van der Waals surface area contributed by atoms with E-state index in [0.29, 0.717) is 37.7 Å². The van der Waals surface area contributed by atoms with E-state index >= 15 is 0 Å². The van der Waals surface area contributed by atoms with Crippen molar-refractivity contribution in [2.75, 3.05) is 26.7 Å². The first kappa shape index (κ1) is 12.7. The smallest absolute Gasteiger partial charge is 0.410 e. The SMILES string of the molecule is CN1C[C@@]2(CCN(C(=O)c3cc(C4CC4)[nH]n3)C2)OC1=O. The van der Waals surface area contributed by atoms with Gasteiger partial charge in [0.25, 0.3) is 5.91 Å². The topological polar surface area (TPSA) is 78.5 Å². The molecular formula is C14H18N4O3. The van der Waals surface area contributed by atoms with Gasteiger partial charge in [0.15, 0.2) is 5.60 Å². The largest absolute Gasteiger partial charge is 0.439 e. The predicted octanol–water partition coefficient (Wildman–Crippen LogP) is 0.954. The first-order valence-electron chi connectivity index (χ1n) is 7.35. The van der Waals surface area contributed by atoms with E-state index in [1.165, 1.54) is 12.8 Å². The van der Waals surface area contributed by atoms with Crippen molar-refractivity contribution in [3.63, 3.8) is 0 Å². The molecule has 1 aromatic rings. The van der Waals surface area contributed by atoms with Crippen molar-refractivity contribution < 1.29 is 14.3 Å². The normalized spacial score (nSPS) is 28.5. The number of H-pyrrole nitrogens is 1. The second-order valence-corrected chi connectivity index (χ2v) is 6.37. The van der Waals surface area contributed by atoms with Crippen molar-refractivity contribution in [3.05, 3.63) is 17.5 Å². The van der Waals surface area contributed by atoms with Gasteiger partial charge in [0.05, 0.1) is 13.1 Å². The van der Waals surface area contributed by atoms with Crippen molar-refractivity contribution in [1.29, 1.82) is 0 Å². The third-order valence-electron chi connectivity index (χ3n) is 4.58. The van der Waals surface area contributed by atoms with Gasteiger partial charge in [0.1, 0.15) is 5.69 Å². The summed E-state index contributed by atoms with van der Waals surface area (Å²) in [6.45, 7) is 1.60. The van der Waals surface area contributed by atoms with E-state index in [9.17, 15) is 9.59 Å². The highest BCUT2D eigenvalue weighted by atomic mass is 16.6. The number of carbonyl (C=O) groups excluding carboxylic acids is 2. The maximum atomic E-state index is 12.5. The highest BCUT2D eigenvalue weighted by Gasteiger charge is 2.49. The quantitative estimate of drug-likeness (QED) is 0.879. The minimum Gasteiger partial charge on any atom is -0.439 e. The van der Waals surface area contributed by atoms with Crippen LogP contribution in [0.15, 0.2) is 6.07 Å². The zero-order valence-corrected chi connectivity index (χ0v) is 12.0. The molecule has 0 radical (unpaired) electrons. The van der Waals surface area contributed by atoms with Crippen LogP contribution in [0.2, 0.25) is 0 Å². The maximum Gasteiger partial charge on any atom is 0.410 e. The zero-order chi connectivity index (χ0) is 14.6. The second kappa shape index (κ2) is 4.22. The number of nitrogens with zero attached hydrogens (tertiary/aromatic N) is 3. The van der Waals surface area contributed by atoms with Gasteiger partial charge in [-0.1, -0.05) is 0 Å². The fraction of sp³-hybridized carbons (Fsp3) is 0.643. The molecule has 1 aromatic heterocycles. The van der Waals surface area contributed by atoms with Gasteiger partial charge < -0.3 is 14.5 Å². The highest BCUT2D eigenvalue weighted by molar-refractivity contribution is 5.92. The molecule has 7 nitrogen and oxygen atoms in total. The molecule has 2 amide bonds. The lowest BCUT2D eigenvalue weighted by molar-refractivity contribution is 0.0550. The Morgan fingerprint density at radius 3 is 2.95 bits per heavy atom. The lowest BCUT2D eigenvalue weighted by Crippen LogP contribution is -2.39. The molecule has 0 aromatic carbocycles. The first-order chi connectivity index (χ1) is 10.1. The lowest BCUT2D eigenvalue weighted by Gasteiger charge is -2.21. The Morgan fingerprint density at radius 1 is 1.48 bits per heavy atom. The Labute approximate surface area is 122 Å². The summed E-state index contributed by atoms with van der Waals surface area (Å²) in [5, 5.41) is 7.09. The van der Waals surface area contributed by atoms with Gasteiger partial charge in [-0.3, -0.25) is 9.89 Å². The molecule has 0 bridgehead atoms. The van der Waals surface area contributed by atoms with Crippen molar-refractivity contribution in [2.24, 2.45) is 0 Å². The summed E-state index contributed by atoms with van der Waals surface area (Å²) >= 11 is 0. The molecule has 2 aliphatic heterocycles. The number of likely N-dealkylation sites (N-methyl/N-ethyl adjacent to an activating group) is 1. The number of nitrogens with one attached hydrogen (secondary N) is 1. The summed E-state index contributed by atoms with van der Waals surface area (Å²) in [6, 6.07) is 1.86. The molecule has 1 N–H and O–H groups in total. The highest BCUT2D eigenvalue weighted by Crippen LogP contribution is 2.39. The molecule has 3 fully saturated rings. The molecule has 2 saturated heterocycles. The zero-order valence-electron chi connectivity index (χ0n) is 12.0. The lowest BCUT2D eigenvalue weighted by atomic mass is 10.0. The molecule has 0 unspecified atom stereocenters. The molecule has 21 heavy (non-hydrogen) atoms. The van der Waals surface area contributed by atoms with E-state index in [2.05, 4.69) is 10.2 Å². The van der Waals surface area contributed by atoms with Crippen molar-refractivity contribution >= 4 is 12.0 Å². The van der Waals surface area contributed by atoms with Gasteiger partial charge in [-0.15, -0.1) is 0 Å². The van der Waals surface area contributed by atoms with Gasteiger partial charge in [-0.25, -0.2) is 4.79 Å². The van der Waals surface area contributed by atoms with Crippen LogP contribution in [0.5, 0.6) is 0 Å². The fourth-order valence-electron chi connectivity index (χ4n) is 3.23. The molecule has 1 spiro atoms. The number of carbonyl (C=O) groups is 2. The molecule has 3 heterocycles. The van der Waals surface area contributed by atoms with Gasteiger partial charge in [-0.2, -0.15) is 5.10 Å². The monoisotopic (exact) mass is 290 g/mol. The Hall–Kier alpha value is -2.05. The van der Waals surface area contributed by atoms with Crippen LogP contribution < -0.4 is 0 Å². The number of likely N-dealkylation sites (tertiary alicyclic amines) is 1. The number of amides is 2.